The summed E-state index contributed by atoms with van der Waals surface area (Å²) in [6, 6.07) is 3.80. The number of benzene rings is 1. The zero-order valence-electron chi connectivity index (χ0n) is 9.17. The Kier molecular flexibility index (Phi) is 6.10. The standard InChI is InChI=1S/C7H4BrFO2.C4H10N2/c8-4-1-2-5(7(10)11)6(9)3-4;1-2-6-4-3-5-1/h1-3H,(H,10,11);5-6H,1-4H2. The predicted octanol–water partition coefficient (Wildman–Crippen LogP) is 1.47. The molecule has 1 saturated heterocycles. The first kappa shape index (κ1) is 14.1. The Morgan fingerprint density at radius 1 is 1.24 bits per heavy atom. The summed E-state index contributed by atoms with van der Waals surface area (Å²) in [5.74, 6) is -1.98. The van der Waals surface area contributed by atoms with Gasteiger partial charge in [-0.05, 0) is 18.2 Å². The van der Waals surface area contributed by atoms with Crippen molar-refractivity contribution < 1.29 is 14.3 Å². The molecule has 1 aromatic carbocycles. The van der Waals surface area contributed by atoms with Gasteiger partial charge in [-0.15, -0.1) is 0 Å². The molecule has 0 bridgehead atoms. The molecule has 6 heteroatoms. The van der Waals surface area contributed by atoms with Gasteiger partial charge in [-0.2, -0.15) is 0 Å². The van der Waals surface area contributed by atoms with Crippen molar-refractivity contribution in [3.8, 4) is 0 Å². The summed E-state index contributed by atoms with van der Waals surface area (Å²) < 4.78 is 13.2. The smallest absolute Gasteiger partial charge is 0.338 e. The minimum absolute atomic E-state index is 0.312. The van der Waals surface area contributed by atoms with Crippen LogP contribution in [0, 0.1) is 5.82 Å². The van der Waals surface area contributed by atoms with Gasteiger partial charge < -0.3 is 15.7 Å². The van der Waals surface area contributed by atoms with Crippen molar-refractivity contribution in [1.82, 2.24) is 10.6 Å². The van der Waals surface area contributed by atoms with Crippen LogP contribution < -0.4 is 10.6 Å². The number of carboxylic acid groups (broad SMARTS) is 1. The highest BCUT2D eigenvalue weighted by molar-refractivity contribution is 9.10. The van der Waals surface area contributed by atoms with Gasteiger partial charge in [0.25, 0.3) is 0 Å². The van der Waals surface area contributed by atoms with Gasteiger partial charge in [0.05, 0.1) is 5.56 Å². The maximum Gasteiger partial charge on any atom is 0.338 e. The summed E-state index contributed by atoms with van der Waals surface area (Å²) in [6.07, 6.45) is 0. The fraction of sp³-hybridized carbons (Fsp3) is 0.364. The Bertz CT molecular complexity index is 372. The summed E-state index contributed by atoms with van der Waals surface area (Å²) in [4.78, 5) is 10.3. The minimum atomic E-state index is -1.25. The van der Waals surface area contributed by atoms with Gasteiger partial charge in [0.1, 0.15) is 5.82 Å². The van der Waals surface area contributed by atoms with Gasteiger partial charge in [0.15, 0.2) is 0 Å². The maximum atomic E-state index is 12.7. The predicted molar refractivity (Wildman–Crippen MR) is 66.8 cm³/mol. The van der Waals surface area contributed by atoms with E-state index >= 15 is 0 Å². The molecule has 1 aromatic rings. The summed E-state index contributed by atoms with van der Waals surface area (Å²) in [5, 5.41) is 14.8. The molecule has 3 N–H and O–H groups in total. The van der Waals surface area contributed by atoms with Gasteiger partial charge in [-0.25, -0.2) is 9.18 Å². The molecule has 2 rings (SSSR count). The lowest BCUT2D eigenvalue weighted by molar-refractivity contribution is 0.0692. The highest BCUT2D eigenvalue weighted by Gasteiger charge is 2.08. The van der Waals surface area contributed by atoms with Gasteiger partial charge in [0.2, 0.25) is 0 Å². The molecule has 0 aromatic heterocycles. The molecule has 0 aliphatic carbocycles. The third kappa shape index (κ3) is 5.25. The fourth-order valence-corrected chi connectivity index (χ4v) is 1.60. The van der Waals surface area contributed by atoms with Crippen molar-refractivity contribution in [2.24, 2.45) is 0 Å². The normalized spacial score (nSPS) is 14.7. The van der Waals surface area contributed by atoms with Gasteiger partial charge in [0, 0.05) is 30.7 Å². The second-order valence-corrected chi connectivity index (χ2v) is 4.34. The Labute approximate surface area is 107 Å². The summed E-state index contributed by atoms with van der Waals surface area (Å²) >= 11 is 3.01. The first-order chi connectivity index (χ1) is 8.11. The van der Waals surface area contributed by atoms with E-state index < -0.39 is 11.8 Å². The van der Waals surface area contributed by atoms with E-state index in [-0.39, 0.29) is 5.56 Å². The second kappa shape index (κ2) is 7.37. The topological polar surface area (TPSA) is 61.4 Å². The summed E-state index contributed by atoms with van der Waals surface area (Å²) in [6.45, 7) is 4.56. The van der Waals surface area contributed by atoms with Crippen LogP contribution in [0.2, 0.25) is 0 Å². The van der Waals surface area contributed by atoms with Crippen LogP contribution in [0.4, 0.5) is 4.39 Å². The number of rotatable bonds is 1. The Morgan fingerprint density at radius 3 is 2.12 bits per heavy atom. The number of carboxylic acids is 1. The quantitative estimate of drug-likeness (QED) is 0.735. The van der Waals surface area contributed by atoms with Crippen molar-refractivity contribution in [3.05, 3.63) is 34.1 Å². The molecule has 4 nitrogen and oxygen atoms in total. The lowest BCUT2D eigenvalue weighted by atomic mass is 10.2. The molecule has 1 heterocycles. The van der Waals surface area contributed by atoms with E-state index in [0.717, 1.165) is 32.2 Å². The second-order valence-electron chi connectivity index (χ2n) is 3.43. The zero-order valence-corrected chi connectivity index (χ0v) is 10.8. The SMILES string of the molecule is C1CNCCN1.O=C(O)c1ccc(Br)cc1F. The van der Waals surface area contributed by atoms with E-state index in [1.165, 1.54) is 12.1 Å². The van der Waals surface area contributed by atoms with Crippen molar-refractivity contribution in [2.45, 2.75) is 0 Å². The third-order valence-electron chi connectivity index (χ3n) is 2.12. The largest absolute Gasteiger partial charge is 0.478 e. The lowest BCUT2D eigenvalue weighted by Crippen LogP contribution is -2.39. The molecular weight excluding hydrogens is 291 g/mol. The van der Waals surface area contributed by atoms with Gasteiger partial charge >= 0.3 is 5.97 Å². The molecule has 1 aliphatic rings. The molecular formula is C11H14BrFN2O2. The molecule has 0 radical (unpaired) electrons. The number of nitrogens with one attached hydrogen (secondary N) is 2. The third-order valence-corrected chi connectivity index (χ3v) is 2.61. The van der Waals surface area contributed by atoms with Crippen LogP contribution in [0.15, 0.2) is 22.7 Å². The average molecular weight is 305 g/mol. The Balaban J connectivity index is 0.000000202. The monoisotopic (exact) mass is 304 g/mol. The molecule has 94 valence electrons. The minimum Gasteiger partial charge on any atom is -0.478 e. The molecule has 0 unspecified atom stereocenters. The molecule has 0 spiro atoms. The summed E-state index contributed by atoms with van der Waals surface area (Å²) in [7, 11) is 0. The van der Waals surface area contributed by atoms with E-state index in [1.807, 2.05) is 0 Å². The van der Waals surface area contributed by atoms with E-state index in [0.29, 0.717) is 4.47 Å². The molecule has 0 atom stereocenters. The van der Waals surface area contributed by atoms with Crippen molar-refractivity contribution in [1.29, 1.82) is 0 Å². The molecule has 0 amide bonds. The van der Waals surface area contributed by atoms with Gasteiger partial charge in [-0.1, -0.05) is 15.9 Å². The number of hydrogen-bond acceptors (Lipinski definition) is 3. The Morgan fingerprint density at radius 2 is 1.76 bits per heavy atom. The number of aromatic carboxylic acids is 1. The summed E-state index contributed by atoms with van der Waals surface area (Å²) in [5.41, 5.74) is -0.312. The van der Waals surface area contributed by atoms with Crippen molar-refractivity contribution in [2.75, 3.05) is 26.2 Å². The van der Waals surface area contributed by atoms with Crippen LogP contribution in [0.25, 0.3) is 0 Å². The van der Waals surface area contributed by atoms with E-state index in [9.17, 15) is 9.18 Å². The van der Waals surface area contributed by atoms with Crippen LogP contribution in [-0.2, 0) is 0 Å². The van der Waals surface area contributed by atoms with Crippen LogP contribution in [0.5, 0.6) is 0 Å². The first-order valence-corrected chi connectivity index (χ1v) is 6.00. The Hall–Kier alpha value is -0.980. The van der Waals surface area contributed by atoms with E-state index in [1.54, 1.807) is 0 Å². The van der Waals surface area contributed by atoms with Crippen LogP contribution in [0.3, 0.4) is 0 Å². The van der Waals surface area contributed by atoms with Crippen molar-refractivity contribution in [3.63, 3.8) is 0 Å². The van der Waals surface area contributed by atoms with Crippen LogP contribution in [-0.4, -0.2) is 37.3 Å². The lowest BCUT2D eigenvalue weighted by Gasteiger charge is -2.11. The van der Waals surface area contributed by atoms with Crippen molar-refractivity contribution >= 4 is 21.9 Å². The molecule has 1 aliphatic heterocycles. The number of piperazine rings is 1. The fourth-order valence-electron chi connectivity index (χ4n) is 1.27. The van der Waals surface area contributed by atoms with E-state index in [4.69, 9.17) is 5.11 Å². The molecule has 0 saturated carbocycles. The zero-order chi connectivity index (χ0) is 12.7. The molecule has 1 fully saturated rings. The van der Waals surface area contributed by atoms with Crippen LogP contribution >= 0.6 is 15.9 Å². The highest BCUT2D eigenvalue weighted by Crippen LogP contribution is 2.14. The number of hydrogen-bond donors (Lipinski definition) is 3. The number of halogens is 2. The molecule has 17 heavy (non-hydrogen) atoms. The maximum absolute atomic E-state index is 12.7. The first-order valence-electron chi connectivity index (χ1n) is 5.21. The van der Waals surface area contributed by atoms with Crippen LogP contribution in [0.1, 0.15) is 10.4 Å². The number of carbonyl (C=O) groups is 1. The highest BCUT2D eigenvalue weighted by atomic mass is 79.9. The van der Waals surface area contributed by atoms with E-state index in [2.05, 4.69) is 26.6 Å². The van der Waals surface area contributed by atoms with Gasteiger partial charge in [-0.3, -0.25) is 0 Å². The average Bonchev–Trinajstić information content (AvgIpc) is 2.31.